The molecule has 0 saturated carbocycles. The predicted octanol–water partition coefficient (Wildman–Crippen LogP) is 2.56. The van der Waals surface area contributed by atoms with Gasteiger partial charge in [-0.3, -0.25) is 4.98 Å². The zero-order chi connectivity index (χ0) is 14.9. The minimum Gasteiger partial charge on any atom is -0.496 e. The van der Waals surface area contributed by atoms with Gasteiger partial charge in [-0.1, -0.05) is 24.3 Å². The molecule has 1 aromatic carbocycles. The van der Waals surface area contributed by atoms with E-state index in [0.717, 1.165) is 17.0 Å². The molecule has 0 unspecified atom stereocenters. The summed E-state index contributed by atoms with van der Waals surface area (Å²) in [5, 5.41) is 5.36. The molecule has 2 N–H and O–H groups in total. The number of amides is 2. The topological polar surface area (TPSA) is 63.2 Å². The predicted molar refractivity (Wildman–Crippen MR) is 81.6 cm³/mol. The maximum atomic E-state index is 11.6. The van der Waals surface area contributed by atoms with E-state index >= 15 is 0 Å². The van der Waals surface area contributed by atoms with E-state index < -0.39 is 0 Å². The SMILES string of the molecule is COc1ccccc1/C=C/NC(=O)NCc1ccccn1. The van der Waals surface area contributed by atoms with E-state index in [4.69, 9.17) is 4.74 Å². The first-order valence-corrected chi connectivity index (χ1v) is 6.53. The monoisotopic (exact) mass is 283 g/mol. The number of hydrogen-bond acceptors (Lipinski definition) is 3. The highest BCUT2D eigenvalue weighted by molar-refractivity contribution is 5.76. The third-order valence-corrected chi connectivity index (χ3v) is 2.77. The van der Waals surface area contributed by atoms with Crippen molar-refractivity contribution in [1.82, 2.24) is 15.6 Å². The number of benzene rings is 1. The third kappa shape index (κ3) is 4.65. The molecule has 2 rings (SSSR count). The van der Waals surface area contributed by atoms with Gasteiger partial charge < -0.3 is 15.4 Å². The van der Waals surface area contributed by atoms with E-state index in [0.29, 0.717) is 6.54 Å². The number of pyridine rings is 1. The van der Waals surface area contributed by atoms with Gasteiger partial charge in [-0.05, 0) is 24.3 Å². The van der Waals surface area contributed by atoms with E-state index in [1.807, 2.05) is 42.5 Å². The van der Waals surface area contributed by atoms with Gasteiger partial charge in [-0.15, -0.1) is 0 Å². The summed E-state index contributed by atoms with van der Waals surface area (Å²) in [5.74, 6) is 0.754. The molecule has 108 valence electrons. The van der Waals surface area contributed by atoms with Crippen molar-refractivity contribution in [2.24, 2.45) is 0 Å². The lowest BCUT2D eigenvalue weighted by atomic mass is 10.2. The molecule has 0 bridgehead atoms. The molecule has 0 saturated heterocycles. The van der Waals surface area contributed by atoms with Crippen LogP contribution in [0.25, 0.3) is 6.08 Å². The number of aromatic nitrogens is 1. The van der Waals surface area contributed by atoms with Crippen LogP contribution >= 0.6 is 0 Å². The van der Waals surface area contributed by atoms with Crippen LogP contribution in [-0.4, -0.2) is 18.1 Å². The molecule has 0 aliphatic heterocycles. The fourth-order valence-electron chi connectivity index (χ4n) is 1.74. The summed E-state index contributed by atoms with van der Waals surface area (Å²) in [5.41, 5.74) is 1.70. The fraction of sp³-hybridized carbons (Fsp3) is 0.125. The van der Waals surface area contributed by atoms with Crippen molar-refractivity contribution in [1.29, 1.82) is 0 Å². The minimum atomic E-state index is -0.285. The van der Waals surface area contributed by atoms with E-state index in [-0.39, 0.29) is 6.03 Å². The van der Waals surface area contributed by atoms with Crippen LogP contribution in [0.5, 0.6) is 5.75 Å². The quantitative estimate of drug-likeness (QED) is 0.886. The average molecular weight is 283 g/mol. The highest BCUT2D eigenvalue weighted by atomic mass is 16.5. The highest BCUT2D eigenvalue weighted by Gasteiger charge is 1.99. The van der Waals surface area contributed by atoms with Gasteiger partial charge >= 0.3 is 6.03 Å². The Hall–Kier alpha value is -2.82. The molecule has 0 spiro atoms. The van der Waals surface area contributed by atoms with Crippen molar-refractivity contribution in [2.75, 3.05) is 7.11 Å². The third-order valence-electron chi connectivity index (χ3n) is 2.77. The summed E-state index contributed by atoms with van der Waals surface area (Å²) >= 11 is 0. The van der Waals surface area contributed by atoms with Crippen molar-refractivity contribution in [3.8, 4) is 5.75 Å². The first-order chi connectivity index (χ1) is 10.3. The van der Waals surface area contributed by atoms with Crippen LogP contribution in [0.3, 0.4) is 0 Å². The largest absolute Gasteiger partial charge is 0.496 e. The molecule has 0 aliphatic carbocycles. The lowest BCUT2D eigenvalue weighted by Gasteiger charge is -2.05. The van der Waals surface area contributed by atoms with Crippen LogP contribution in [0.1, 0.15) is 11.3 Å². The molecule has 2 aromatic rings. The van der Waals surface area contributed by atoms with Gasteiger partial charge in [0, 0.05) is 18.0 Å². The summed E-state index contributed by atoms with van der Waals surface area (Å²) in [7, 11) is 1.61. The van der Waals surface area contributed by atoms with Crippen LogP contribution in [0.4, 0.5) is 4.79 Å². The van der Waals surface area contributed by atoms with Crippen LogP contribution in [0.15, 0.2) is 54.9 Å². The molecule has 5 heteroatoms. The average Bonchev–Trinajstić information content (AvgIpc) is 2.54. The zero-order valence-corrected chi connectivity index (χ0v) is 11.7. The first-order valence-electron chi connectivity index (χ1n) is 6.53. The molecule has 21 heavy (non-hydrogen) atoms. The summed E-state index contributed by atoms with van der Waals surface area (Å²) in [6.45, 7) is 0.384. The number of methoxy groups -OCH3 is 1. The van der Waals surface area contributed by atoms with Gasteiger partial charge in [0.25, 0.3) is 0 Å². The molecule has 1 aromatic heterocycles. The first kappa shape index (κ1) is 14.6. The number of para-hydroxylation sites is 1. The zero-order valence-electron chi connectivity index (χ0n) is 11.7. The number of ether oxygens (including phenoxy) is 1. The molecule has 0 radical (unpaired) electrons. The molecular weight excluding hydrogens is 266 g/mol. The Morgan fingerprint density at radius 2 is 2.05 bits per heavy atom. The number of hydrogen-bond donors (Lipinski definition) is 2. The van der Waals surface area contributed by atoms with Crippen molar-refractivity contribution in [2.45, 2.75) is 6.54 Å². The molecule has 5 nitrogen and oxygen atoms in total. The second-order valence-electron chi connectivity index (χ2n) is 4.22. The van der Waals surface area contributed by atoms with Gasteiger partial charge in [-0.2, -0.15) is 0 Å². The molecule has 1 heterocycles. The van der Waals surface area contributed by atoms with Crippen LogP contribution in [0, 0.1) is 0 Å². The standard InChI is InChI=1S/C16H17N3O2/c1-21-15-8-3-2-6-13(15)9-11-18-16(20)19-12-14-7-4-5-10-17-14/h2-11H,12H2,1H3,(H2,18,19,20)/b11-9+. The van der Waals surface area contributed by atoms with Crippen molar-refractivity contribution < 1.29 is 9.53 Å². The lowest BCUT2D eigenvalue weighted by molar-refractivity contribution is 0.243. The fourth-order valence-corrected chi connectivity index (χ4v) is 1.74. The Balaban J connectivity index is 1.82. The Bertz CT molecular complexity index is 612. The van der Waals surface area contributed by atoms with Gasteiger partial charge in [0.15, 0.2) is 0 Å². The number of carbonyl (C=O) groups is 1. The van der Waals surface area contributed by atoms with Gasteiger partial charge in [-0.25, -0.2) is 4.79 Å². The van der Waals surface area contributed by atoms with Gasteiger partial charge in [0.2, 0.25) is 0 Å². The normalized spacial score (nSPS) is 10.3. The maximum Gasteiger partial charge on any atom is 0.319 e. The van der Waals surface area contributed by atoms with Crippen LogP contribution in [-0.2, 0) is 6.54 Å². The molecule has 0 aliphatic rings. The van der Waals surface area contributed by atoms with Crippen LogP contribution in [0.2, 0.25) is 0 Å². The Kier molecular flexibility index (Phi) is 5.34. The minimum absolute atomic E-state index is 0.285. The molecule has 2 amide bonds. The van der Waals surface area contributed by atoms with Crippen molar-refractivity contribution in [3.63, 3.8) is 0 Å². The van der Waals surface area contributed by atoms with E-state index in [9.17, 15) is 4.79 Å². The van der Waals surface area contributed by atoms with Crippen molar-refractivity contribution >= 4 is 12.1 Å². The number of carbonyl (C=O) groups excluding carboxylic acids is 1. The van der Waals surface area contributed by atoms with Gasteiger partial charge in [0.1, 0.15) is 5.75 Å². The van der Waals surface area contributed by atoms with Crippen LogP contribution < -0.4 is 15.4 Å². The smallest absolute Gasteiger partial charge is 0.319 e. The Labute approximate surface area is 123 Å². The Morgan fingerprint density at radius 3 is 2.81 bits per heavy atom. The van der Waals surface area contributed by atoms with E-state index in [1.165, 1.54) is 0 Å². The summed E-state index contributed by atoms with van der Waals surface area (Å²) in [6.07, 6.45) is 5.04. The summed E-state index contributed by atoms with van der Waals surface area (Å²) in [4.78, 5) is 15.8. The second kappa shape index (κ2) is 7.69. The molecule has 0 atom stereocenters. The van der Waals surface area contributed by atoms with Gasteiger partial charge in [0.05, 0.1) is 19.3 Å². The van der Waals surface area contributed by atoms with E-state index in [2.05, 4.69) is 15.6 Å². The highest BCUT2D eigenvalue weighted by Crippen LogP contribution is 2.18. The Morgan fingerprint density at radius 1 is 1.24 bits per heavy atom. The summed E-state index contributed by atoms with van der Waals surface area (Å²) in [6, 6.07) is 12.8. The molecule has 0 fully saturated rings. The lowest BCUT2D eigenvalue weighted by Crippen LogP contribution is -2.31. The number of nitrogens with zero attached hydrogens (tertiary/aromatic N) is 1. The van der Waals surface area contributed by atoms with E-state index in [1.54, 1.807) is 25.6 Å². The molecular formula is C16H17N3O2. The number of urea groups is 1. The number of nitrogens with one attached hydrogen (secondary N) is 2. The maximum absolute atomic E-state index is 11.6. The summed E-state index contributed by atoms with van der Waals surface area (Å²) < 4.78 is 5.22. The second-order valence-corrected chi connectivity index (χ2v) is 4.22. The number of rotatable bonds is 5. The van der Waals surface area contributed by atoms with Crippen molar-refractivity contribution in [3.05, 3.63) is 66.1 Å².